The Morgan fingerprint density at radius 2 is 1.89 bits per heavy atom. The number of rotatable bonds is 5. The second-order valence-electron chi connectivity index (χ2n) is 4.98. The summed E-state index contributed by atoms with van der Waals surface area (Å²) in [5.41, 5.74) is 0.855. The van der Waals surface area contributed by atoms with Crippen LogP contribution in [0.3, 0.4) is 0 Å². The lowest BCUT2D eigenvalue weighted by atomic mass is 9.99. The molecule has 0 unspecified atom stereocenters. The molecule has 3 nitrogen and oxygen atoms in total. The number of fused-ring (bicyclic) bond motifs is 1. The molecule has 0 aliphatic heterocycles. The molecule has 102 valence electrons. The van der Waals surface area contributed by atoms with Crippen LogP contribution < -0.4 is 10.1 Å². The molecule has 0 amide bonds. The Morgan fingerprint density at radius 3 is 2.58 bits per heavy atom. The van der Waals surface area contributed by atoms with Crippen molar-refractivity contribution < 1.29 is 9.84 Å². The van der Waals surface area contributed by atoms with Crippen LogP contribution in [0.2, 0.25) is 0 Å². The van der Waals surface area contributed by atoms with Crippen LogP contribution in [0.1, 0.15) is 25.5 Å². The summed E-state index contributed by atoms with van der Waals surface area (Å²) >= 11 is 0. The first-order valence-electron chi connectivity index (χ1n) is 6.60. The first kappa shape index (κ1) is 13.8. The van der Waals surface area contributed by atoms with Gasteiger partial charge in [-0.25, -0.2) is 0 Å². The molecule has 0 aliphatic carbocycles. The van der Waals surface area contributed by atoms with Gasteiger partial charge >= 0.3 is 0 Å². The Hall–Kier alpha value is -1.58. The van der Waals surface area contributed by atoms with E-state index in [4.69, 9.17) is 4.74 Å². The van der Waals surface area contributed by atoms with Gasteiger partial charge in [0.25, 0.3) is 0 Å². The minimum absolute atomic E-state index is 0.343. The number of hydrogen-bond donors (Lipinski definition) is 2. The molecule has 3 heteroatoms. The van der Waals surface area contributed by atoms with Crippen molar-refractivity contribution in [3.05, 3.63) is 42.0 Å². The van der Waals surface area contributed by atoms with E-state index in [0.717, 1.165) is 22.1 Å². The maximum Gasteiger partial charge on any atom is 0.125 e. The summed E-state index contributed by atoms with van der Waals surface area (Å²) in [6.45, 7) is 4.64. The van der Waals surface area contributed by atoms with E-state index in [1.54, 1.807) is 7.11 Å². The van der Waals surface area contributed by atoms with Gasteiger partial charge in [-0.15, -0.1) is 0 Å². The fourth-order valence-corrected chi connectivity index (χ4v) is 2.25. The van der Waals surface area contributed by atoms with Crippen LogP contribution in [0.4, 0.5) is 0 Å². The van der Waals surface area contributed by atoms with E-state index in [9.17, 15) is 5.11 Å². The standard InChI is InChI=1S/C16H21NO2/c1-11(2)17-10-14(18)16-13-7-5-4-6-12(13)8-9-15(16)19-3/h4-9,11,14,17-18H,10H2,1-3H3/t14-/m1/s1. The summed E-state index contributed by atoms with van der Waals surface area (Å²) in [4.78, 5) is 0. The largest absolute Gasteiger partial charge is 0.496 e. The Balaban J connectivity index is 2.43. The molecule has 1 atom stereocenters. The highest BCUT2D eigenvalue weighted by molar-refractivity contribution is 5.88. The lowest BCUT2D eigenvalue weighted by molar-refractivity contribution is 0.169. The summed E-state index contributed by atoms with van der Waals surface area (Å²) in [5.74, 6) is 0.733. The summed E-state index contributed by atoms with van der Waals surface area (Å²) in [7, 11) is 1.64. The molecule has 0 saturated heterocycles. The maximum atomic E-state index is 10.4. The zero-order valence-electron chi connectivity index (χ0n) is 11.7. The fraction of sp³-hybridized carbons (Fsp3) is 0.375. The Morgan fingerprint density at radius 1 is 1.16 bits per heavy atom. The van der Waals surface area contributed by atoms with Crippen molar-refractivity contribution in [2.75, 3.05) is 13.7 Å². The van der Waals surface area contributed by atoms with Crippen molar-refractivity contribution in [3.63, 3.8) is 0 Å². The number of ether oxygens (including phenoxy) is 1. The van der Waals surface area contributed by atoms with Crippen LogP contribution in [-0.2, 0) is 0 Å². The highest BCUT2D eigenvalue weighted by atomic mass is 16.5. The molecule has 0 aromatic heterocycles. The van der Waals surface area contributed by atoms with Crippen LogP contribution >= 0.6 is 0 Å². The normalized spacial score (nSPS) is 12.9. The molecule has 0 radical (unpaired) electrons. The van der Waals surface area contributed by atoms with E-state index in [1.807, 2.05) is 36.4 Å². The van der Waals surface area contributed by atoms with E-state index < -0.39 is 6.10 Å². The number of nitrogens with one attached hydrogen (secondary N) is 1. The highest BCUT2D eigenvalue weighted by Gasteiger charge is 2.16. The molecule has 2 aromatic carbocycles. The van der Waals surface area contributed by atoms with Gasteiger partial charge in [0.1, 0.15) is 5.75 Å². The molecule has 0 heterocycles. The van der Waals surface area contributed by atoms with Crippen molar-refractivity contribution in [2.45, 2.75) is 26.0 Å². The van der Waals surface area contributed by atoms with Gasteiger partial charge in [0.2, 0.25) is 0 Å². The van der Waals surface area contributed by atoms with E-state index in [-0.39, 0.29) is 0 Å². The first-order valence-corrected chi connectivity index (χ1v) is 6.60. The Labute approximate surface area is 114 Å². The van der Waals surface area contributed by atoms with Crippen LogP contribution in [0.25, 0.3) is 10.8 Å². The summed E-state index contributed by atoms with van der Waals surface area (Å²) < 4.78 is 5.39. The van der Waals surface area contributed by atoms with Gasteiger partial charge in [-0.1, -0.05) is 44.2 Å². The molecule has 0 fully saturated rings. The van der Waals surface area contributed by atoms with Gasteiger partial charge in [-0.3, -0.25) is 0 Å². The Bertz CT molecular complexity index is 551. The molecule has 0 saturated carbocycles. The monoisotopic (exact) mass is 259 g/mol. The third kappa shape index (κ3) is 3.06. The Kier molecular flexibility index (Phi) is 4.40. The van der Waals surface area contributed by atoms with Gasteiger partial charge in [0.15, 0.2) is 0 Å². The summed E-state index contributed by atoms with van der Waals surface area (Å²) in [6, 6.07) is 12.3. The molecule has 2 N–H and O–H groups in total. The summed E-state index contributed by atoms with van der Waals surface area (Å²) in [5, 5.41) is 15.8. The number of methoxy groups -OCH3 is 1. The molecule has 19 heavy (non-hydrogen) atoms. The van der Waals surface area contributed by atoms with Gasteiger partial charge < -0.3 is 15.2 Å². The van der Waals surface area contributed by atoms with E-state index in [0.29, 0.717) is 12.6 Å². The third-order valence-electron chi connectivity index (χ3n) is 3.20. The van der Waals surface area contributed by atoms with Gasteiger partial charge in [0.05, 0.1) is 13.2 Å². The number of hydrogen-bond acceptors (Lipinski definition) is 3. The van der Waals surface area contributed by atoms with Crippen molar-refractivity contribution in [1.29, 1.82) is 0 Å². The minimum atomic E-state index is -0.580. The number of aliphatic hydroxyl groups is 1. The molecule has 0 bridgehead atoms. The van der Waals surface area contributed by atoms with Crippen LogP contribution in [-0.4, -0.2) is 24.8 Å². The third-order valence-corrected chi connectivity index (χ3v) is 3.20. The van der Waals surface area contributed by atoms with E-state index in [2.05, 4.69) is 19.2 Å². The topological polar surface area (TPSA) is 41.5 Å². The second-order valence-corrected chi connectivity index (χ2v) is 4.98. The second kappa shape index (κ2) is 6.04. The molecule has 0 aliphatic rings. The predicted molar refractivity (Wildman–Crippen MR) is 78.6 cm³/mol. The summed E-state index contributed by atoms with van der Waals surface area (Å²) in [6.07, 6.45) is -0.580. The molecule has 2 rings (SSSR count). The lowest BCUT2D eigenvalue weighted by Crippen LogP contribution is -2.28. The molecular formula is C16H21NO2. The SMILES string of the molecule is COc1ccc2ccccc2c1[C@H](O)CNC(C)C. The maximum absolute atomic E-state index is 10.4. The molecule has 0 spiro atoms. The lowest BCUT2D eigenvalue weighted by Gasteiger charge is -2.19. The van der Waals surface area contributed by atoms with Crippen LogP contribution in [0, 0.1) is 0 Å². The quantitative estimate of drug-likeness (QED) is 0.867. The highest BCUT2D eigenvalue weighted by Crippen LogP contribution is 2.32. The number of aliphatic hydroxyl groups excluding tert-OH is 1. The van der Waals surface area contributed by atoms with Crippen molar-refractivity contribution in [2.24, 2.45) is 0 Å². The van der Waals surface area contributed by atoms with E-state index in [1.165, 1.54) is 0 Å². The molecular weight excluding hydrogens is 238 g/mol. The first-order chi connectivity index (χ1) is 9.13. The minimum Gasteiger partial charge on any atom is -0.496 e. The van der Waals surface area contributed by atoms with Crippen LogP contribution in [0.5, 0.6) is 5.75 Å². The zero-order valence-corrected chi connectivity index (χ0v) is 11.7. The molecule has 2 aromatic rings. The van der Waals surface area contributed by atoms with Crippen LogP contribution in [0.15, 0.2) is 36.4 Å². The fourth-order valence-electron chi connectivity index (χ4n) is 2.25. The van der Waals surface area contributed by atoms with E-state index >= 15 is 0 Å². The number of benzene rings is 2. The van der Waals surface area contributed by atoms with Crippen molar-refractivity contribution in [1.82, 2.24) is 5.32 Å². The average molecular weight is 259 g/mol. The average Bonchev–Trinajstić information content (AvgIpc) is 2.43. The van der Waals surface area contributed by atoms with Crippen molar-refractivity contribution >= 4 is 10.8 Å². The van der Waals surface area contributed by atoms with Gasteiger partial charge in [-0.2, -0.15) is 0 Å². The zero-order chi connectivity index (χ0) is 13.8. The van der Waals surface area contributed by atoms with Crippen molar-refractivity contribution in [3.8, 4) is 5.75 Å². The van der Waals surface area contributed by atoms with Gasteiger partial charge in [-0.05, 0) is 16.8 Å². The smallest absolute Gasteiger partial charge is 0.125 e. The predicted octanol–water partition coefficient (Wildman–Crippen LogP) is 2.88. The van der Waals surface area contributed by atoms with Gasteiger partial charge in [0, 0.05) is 18.2 Å².